The number of benzene rings is 1. The molecule has 0 saturated heterocycles. The van der Waals surface area contributed by atoms with Crippen molar-refractivity contribution in [2.45, 2.75) is 4.84 Å². The van der Waals surface area contributed by atoms with E-state index in [1.165, 1.54) is 19.2 Å². The fraction of sp³-hybridized carbons (Fsp3) is 0.222. The molecule has 0 atom stereocenters. The fourth-order valence-corrected chi connectivity index (χ4v) is 1.77. The average Bonchev–Trinajstić information content (AvgIpc) is 2.16. The van der Waals surface area contributed by atoms with Crippen LogP contribution in [0.25, 0.3) is 0 Å². The number of nitrogens with one attached hydrogen (secondary N) is 1. The molecule has 0 aliphatic rings. The van der Waals surface area contributed by atoms with Crippen molar-refractivity contribution in [3.8, 4) is 5.75 Å². The summed E-state index contributed by atoms with van der Waals surface area (Å²) in [7, 11) is 1.44. The predicted molar refractivity (Wildman–Crippen MR) is 67.1 cm³/mol. The highest BCUT2D eigenvalue weighted by Gasteiger charge is 2.14. The highest BCUT2D eigenvalue weighted by Crippen LogP contribution is 2.35. The van der Waals surface area contributed by atoms with Crippen molar-refractivity contribution in [3.63, 3.8) is 0 Å². The standard InChI is InChI=1S/C9H7Cl4NO2/c1-16-7-5(10)2-4(3-6(7)11)14-9(15)8(12)13/h2-3,8H,1H3,(H,14,15). The zero-order valence-corrected chi connectivity index (χ0v) is 11.1. The smallest absolute Gasteiger partial charge is 0.257 e. The molecule has 7 heteroatoms. The van der Waals surface area contributed by atoms with Gasteiger partial charge in [-0.1, -0.05) is 46.4 Å². The number of hydrogen-bond donors (Lipinski definition) is 1. The van der Waals surface area contributed by atoms with Gasteiger partial charge in [-0.15, -0.1) is 0 Å². The lowest BCUT2D eigenvalue weighted by molar-refractivity contribution is -0.114. The van der Waals surface area contributed by atoms with Crippen molar-refractivity contribution in [2.24, 2.45) is 0 Å². The number of carbonyl (C=O) groups is 1. The minimum atomic E-state index is -1.15. The summed E-state index contributed by atoms with van der Waals surface area (Å²) in [6.45, 7) is 0. The third-order valence-corrected chi connectivity index (χ3v) is 2.63. The summed E-state index contributed by atoms with van der Waals surface area (Å²) in [6.07, 6.45) is 0. The Balaban J connectivity index is 2.96. The molecule has 0 spiro atoms. The number of anilines is 1. The third kappa shape index (κ3) is 3.32. The monoisotopic (exact) mass is 301 g/mol. The summed E-state index contributed by atoms with van der Waals surface area (Å²) in [5.74, 6) is -0.213. The second-order valence-corrected chi connectivity index (χ2v) is 4.67. The van der Waals surface area contributed by atoms with Crippen molar-refractivity contribution < 1.29 is 9.53 Å². The first-order valence-electron chi connectivity index (χ1n) is 4.07. The minimum Gasteiger partial charge on any atom is -0.494 e. The lowest BCUT2D eigenvalue weighted by Crippen LogP contribution is -2.18. The molecule has 0 bridgehead atoms. The van der Waals surface area contributed by atoms with E-state index in [1.54, 1.807) is 0 Å². The van der Waals surface area contributed by atoms with Crippen LogP contribution < -0.4 is 10.1 Å². The van der Waals surface area contributed by atoms with Gasteiger partial charge >= 0.3 is 0 Å². The lowest BCUT2D eigenvalue weighted by atomic mass is 10.3. The van der Waals surface area contributed by atoms with Crippen molar-refractivity contribution in [1.29, 1.82) is 0 Å². The molecule has 0 heterocycles. The number of alkyl halides is 2. The molecule has 1 rings (SSSR count). The van der Waals surface area contributed by atoms with Gasteiger partial charge in [0, 0.05) is 5.69 Å². The molecule has 0 fully saturated rings. The van der Waals surface area contributed by atoms with Crippen LogP contribution in [0.4, 0.5) is 5.69 Å². The van der Waals surface area contributed by atoms with Gasteiger partial charge in [0.15, 0.2) is 10.6 Å². The normalized spacial score (nSPS) is 10.4. The summed E-state index contributed by atoms with van der Waals surface area (Å²) in [6, 6.07) is 2.97. The number of halogens is 4. The zero-order valence-electron chi connectivity index (χ0n) is 8.06. The van der Waals surface area contributed by atoms with Gasteiger partial charge < -0.3 is 10.1 Å². The molecule has 1 aromatic carbocycles. The van der Waals surface area contributed by atoms with Crippen LogP contribution in [0, 0.1) is 0 Å². The summed E-state index contributed by atoms with van der Waals surface area (Å²) in [4.78, 5) is 10.0. The molecule has 1 aromatic rings. The van der Waals surface area contributed by atoms with E-state index in [4.69, 9.17) is 51.1 Å². The fourth-order valence-electron chi connectivity index (χ4n) is 1.02. The van der Waals surface area contributed by atoms with E-state index in [-0.39, 0.29) is 10.0 Å². The zero-order chi connectivity index (χ0) is 12.3. The van der Waals surface area contributed by atoms with Crippen molar-refractivity contribution in [3.05, 3.63) is 22.2 Å². The molecule has 0 unspecified atom stereocenters. The first-order chi connectivity index (χ1) is 7.45. The van der Waals surface area contributed by atoms with E-state index in [1.807, 2.05) is 0 Å². The summed E-state index contributed by atoms with van der Waals surface area (Å²) < 4.78 is 4.95. The Morgan fingerprint density at radius 3 is 2.19 bits per heavy atom. The second kappa shape index (κ2) is 5.82. The van der Waals surface area contributed by atoms with E-state index in [0.717, 1.165) is 0 Å². The number of amides is 1. The average molecular weight is 303 g/mol. The molecule has 0 aliphatic carbocycles. The van der Waals surface area contributed by atoms with E-state index in [9.17, 15) is 4.79 Å². The summed E-state index contributed by atoms with van der Waals surface area (Å²) in [5.41, 5.74) is 0.395. The molecule has 1 amide bonds. The highest BCUT2D eigenvalue weighted by molar-refractivity contribution is 6.54. The maximum absolute atomic E-state index is 11.2. The van der Waals surface area contributed by atoms with Crippen LogP contribution in [0.3, 0.4) is 0 Å². The van der Waals surface area contributed by atoms with Crippen molar-refractivity contribution >= 4 is 58.0 Å². The second-order valence-electron chi connectivity index (χ2n) is 2.76. The first-order valence-corrected chi connectivity index (χ1v) is 5.70. The van der Waals surface area contributed by atoms with Gasteiger partial charge in [-0.3, -0.25) is 4.79 Å². The van der Waals surface area contributed by atoms with Gasteiger partial charge in [0.2, 0.25) is 0 Å². The van der Waals surface area contributed by atoms with E-state index in [2.05, 4.69) is 5.32 Å². The molecular formula is C9H7Cl4NO2. The Morgan fingerprint density at radius 1 is 1.31 bits per heavy atom. The third-order valence-electron chi connectivity index (χ3n) is 1.67. The van der Waals surface area contributed by atoms with E-state index in [0.29, 0.717) is 11.4 Å². The van der Waals surface area contributed by atoms with Gasteiger partial charge in [-0.05, 0) is 12.1 Å². The highest BCUT2D eigenvalue weighted by atomic mass is 35.5. The maximum atomic E-state index is 11.2. The number of methoxy groups -OCH3 is 1. The molecule has 0 aromatic heterocycles. The minimum absolute atomic E-state index is 0.283. The Kier molecular flexibility index (Phi) is 4.99. The van der Waals surface area contributed by atoms with E-state index < -0.39 is 10.7 Å². The van der Waals surface area contributed by atoms with Gasteiger partial charge in [-0.25, -0.2) is 0 Å². The van der Waals surface area contributed by atoms with Crippen LogP contribution in [0.2, 0.25) is 10.0 Å². The topological polar surface area (TPSA) is 38.3 Å². The van der Waals surface area contributed by atoms with Gasteiger partial charge in [0.25, 0.3) is 5.91 Å². The van der Waals surface area contributed by atoms with Crippen LogP contribution in [0.5, 0.6) is 5.75 Å². The largest absolute Gasteiger partial charge is 0.494 e. The van der Waals surface area contributed by atoms with Crippen LogP contribution in [0.15, 0.2) is 12.1 Å². The maximum Gasteiger partial charge on any atom is 0.257 e. The van der Waals surface area contributed by atoms with E-state index >= 15 is 0 Å². The molecule has 3 nitrogen and oxygen atoms in total. The van der Waals surface area contributed by atoms with Crippen molar-refractivity contribution in [2.75, 3.05) is 12.4 Å². The molecule has 0 aliphatic heterocycles. The molecule has 1 N–H and O–H groups in total. The SMILES string of the molecule is COc1c(Cl)cc(NC(=O)C(Cl)Cl)cc1Cl. The Hall–Kier alpha value is -0.350. The Morgan fingerprint density at radius 2 is 1.81 bits per heavy atom. The Labute approximate surface area is 113 Å². The van der Waals surface area contributed by atoms with Crippen LogP contribution in [0.1, 0.15) is 0 Å². The molecular weight excluding hydrogens is 296 g/mol. The quantitative estimate of drug-likeness (QED) is 0.864. The number of carbonyl (C=O) groups excluding carboxylic acids is 1. The number of rotatable bonds is 3. The van der Waals surface area contributed by atoms with Crippen LogP contribution in [-0.4, -0.2) is 17.9 Å². The van der Waals surface area contributed by atoms with Crippen molar-refractivity contribution in [1.82, 2.24) is 0 Å². The lowest BCUT2D eigenvalue weighted by Gasteiger charge is -2.10. The van der Waals surface area contributed by atoms with Gasteiger partial charge in [0.1, 0.15) is 0 Å². The molecule has 0 saturated carbocycles. The van der Waals surface area contributed by atoms with Crippen LogP contribution >= 0.6 is 46.4 Å². The molecule has 16 heavy (non-hydrogen) atoms. The molecule has 0 radical (unpaired) electrons. The first kappa shape index (κ1) is 13.7. The summed E-state index contributed by atoms with van der Waals surface area (Å²) in [5, 5.41) is 3.01. The predicted octanol–water partition coefficient (Wildman–Crippen LogP) is 3.74. The van der Waals surface area contributed by atoms with Gasteiger partial charge in [0.05, 0.1) is 17.2 Å². The number of ether oxygens (including phenoxy) is 1. The Bertz CT molecular complexity index is 385. The molecule has 88 valence electrons. The van der Waals surface area contributed by atoms with Gasteiger partial charge in [-0.2, -0.15) is 0 Å². The number of hydrogen-bond acceptors (Lipinski definition) is 2. The van der Waals surface area contributed by atoms with Crippen LogP contribution in [-0.2, 0) is 4.79 Å². The summed E-state index contributed by atoms with van der Waals surface area (Å²) >= 11 is 22.5.